The molecule has 0 saturated carbocycles. The van der Waals surface area contributed by atoms with Gasteiger partial charge in [-0.05, 0) is 24.5 Å². The van der Waals surface area contributed by atoms with E-state index in [4.69, 9.17) is 4.74 Å². The molecule has 2 aromatic carbocycles. The van der Waals surface area contributed by atoms with Crippen LogP contribution in [0.1, 0.15) is 56.7 Å². The summed E-state index contributed by atoms with van der Waals surface area (Å²) in [4.78, 5) is 0.807. The van der Waals surface area contributed by atoms with Crippen LogP contribution in [0, 0.1) is 0 Å². The topological polar surface area (TPSA) is 61.7 Å². The number of unbranched alkanes of at least 4 members (excludes halogenated alkanes) is 1. The summed E-state index contributed by atoms with van der Waals surface area (Å²) in [6.45, 7) is 4.39. The normalized spacial score (nSPS) is 24.9. The molecule has 4 nitrogen and oxygen atoms in total. The van der Waals surface area contributed by atoms with Crippen molar-refractivity contribution in [1.82, 2.24) is 5.32 Å². The molecule has 0 bridgehead atoms. The van der Waals surface area contributed by atoms with E-state index >= 15 is 0 Å². The lowest BCUT2D eigenvalue weighted by molar-refractivity contribution is 0.294. The third-order valence-electron chi connectivity index (χ3n) is 5.56. The fraction of sp³-hybridized carbons (Fsp3) is 0.455. The van der Waals surface area contributed by atoms with Gasteiger partial charge >= 0.3 is 0 Å². The number of methoxy groups -OCH3 is 1. The van der Waals surface area contributed by atoms with Crippen molar-refractivity contribution in [3.8, 4) is 11.5 Å². The summed E-state index contributed by atoms with van der Waals surface area (Å²) in [7, 11) is 1.55. The molecule has 1 heterocycles. The lowest BCUT2D eigenvalue weighted by atomic mass is 9.88. The number of phenolic OH excluding ortho intramolecular Hbond substituents is 1. The number of benzene rings is 2. The van der Waals surface area contributed by atoms with Crippen LogP contribution in [-0.4, -0.2) is 28.1 Å². The summed E-state index contributed by atoms with van der Waals surface area (Å²) in [6, 6.07) is 13.8. The summed E-state index contributed by atoms with van der Waals surface area (Å²) < 4.78 is 16.5. The zero-order chi connectivity index (χ0) is 19.4. The highest BCUT2D eigenvalue weighted by Gasteiger charge is 2.45. The predicted octanol–water partition coefficient (Wildman–Crippen LogP) is 4.88. The smallest absolute Gasteiger partial charge is 0.199 e. The van der Waals surface area contributed by atoms with Crippen LogP contribution in [0.3, 0.4) is 0 Å². The van der Waals surface area contributed by atoms with E-state index in [1.807, 2.05) is 24.3 Å². The van der Waals surface area contributed by atoms with Crippen molar-refractivity contribution >= 4 is 11.2 Å². The van der Waals surface area contributed by atoms with Gasteiger partial charge in [0.25, 0.3) is 0 Å². The summed E-state index contributed by atoms with van der Waals surface area (Å²) in [6.07, 6.45) is 4.20. The monoisotopic (exact) mass is 388 g/mol. The Bertz CT molecular complexity index is 768. The molecule has 0 aliphatic carbocycles. The van der Waals surface area contributed by atoms with Gasteiger partial charge in [0.2, 0.25) is 0 Å². The first-order chi connectivity index (χ1) is 13.0. The van der Waals surface area contributed by atoms with E-state index in [-0.39, 0.29) is 17.3 Å². The Balaban J connectivity index is 2.15. The number of aromatic hydroxyl groups is 1. The molecule has 0 fully saturated rings. The summed E-state index contributed by atoms with van der Waals surface area (Å²) >= 11 is -0.948. The molecule has 2 aromatic rings. The first kappa shape index (κ1) is 20.1. The van der Waals surface area contributed by atoms with Gasteiger partial charge in [0.1, 0.15) is 0 Å². The number of fused-ring (bicyclic) bond motifs is 1. The highest BCUT2D eigenvalue weighted by atomic mass is 32.2. The quantitative estimate of drug-likeness (QED) is 0.617. The Morgan fingerprint density at radius 3 is 2.59 bits per heavy atom. The standard InChI is InChI=1S/C22H29NO3S/c1-4-6-12-22(5-2)15-27(25)20-14-18(24)19(26-3)13-17(20)21(23-22)16-10-8-7-9-11-16/h7-11,13-14,21,23,25H,4-6,12,15H2,1-3H3/p+1/t21-,22-,27?/m1/s1. The van der Waals surface area contributed by atoms with Crippen LogP contribution < -0.4 is 10.1 Å². The van der Waals surface area contributed by atoms with E-state index in [2.05, 4.69) is 31.3 Å². The highest BCUT2D eigenvalue weighted by molar-refractivity contribution is 7.91. The van der Waals surface area contributed by atoms with Gasteiger partial charge in [-0.2, -0.15) is 4.55 Å². The molecule has 3 atom stereocenters. The van der Waals surface area contributed by atoms with Crippen molar-refractivity contribution < 1.29 is 14.4 Å². The molecule has 5 heteroatoms. The minimum atomic E-state index is -0.948. The average Bonchev–Trinajstić information content (AvgIpc) is 2.81. The molecule has 0 amide bonds. The summed E-state index contributed by atoms with van der Waals surface area (Å²) in [5.41, 5.74) is 1.99. The van der Waals surface area contributed by atoms with E-state index in [0.717, 1.165) is 41.7 Å². The molecule has 27 heavy (non-hydrogen) atoms. The van der Waals surface area contributed by atoms with Crippen LogP contribution >= 0.6 is 0 Å². The Labute approximate surface area is 165 Å². The Kier molecular flexibility index (Phi) is 6.35. The molecule has 3 N–H and O–H groups in total. The molecule has 1 unspecified atom stereocenters. The Morgan fingerprint density at radius 1 is 1.22 bits per heavy atom. The van der Waals surface area contributed by atoms with Crippen molar-refractivity contribution in [3.63, 3.8) is 0 Å². The largest absolute Gasteiger partial charge is 0.504 e. The second-order valence-electron chi connectivity index (χ2n) is 7.30. The van der Waals surface area contributed by atoms with Crippen molar-refractivity contribution in [2.24, 2.45) is 0 Å². The van der Waals surface area contributed by atoms with Gasteiger partial charge < -0.3 is 9.84 Å². The van der Waals surface area contributed by atoms with Gasteiger partial charge in [0, 0.05) is 11.6 Å². The van der Waals surface area contributed by atoms with Gasteiger partial charge in [-0.1, -0.05) is 57.0 Å². The van der Waals surface area contributed by atoms with Gasteiger partial charge in [-0.3, -0.25) is 5.32 Å². The molecule has 1 aliphatic heterocycles. The molecule has 0 saturated heterocycles. The Hall–Kier alpha value is -1.69. The predicted molar refractivity (Wildman–Crippen MR) is 112 cm³/mol. The van der Waals surface area contributed by atoms with Crippen LogP contribution in [0.2, 0.25) is 0 Å². The van der Waals surface area contributed by atoms with Gasteiger partial charge in [-0.15, -0.1) is 0 Å². The van der Waals surface area contributed by atoms with Crippen molar-refractivity contribution in [2.45, 2.75) is 56.0 Å². The third kappa shape index (κ3) is 4.10. The van der Waals surface area contributed by atoms with E-state index in [9.17, 15) is 9.66 Å². The van der Waals surface area contributed by atoms with Crippen LogP contribution in [0.25, 0.3) is 0 Å². The molecule has 0 spiro atoms. The molecule has 0 radical (unpaired) electrons. The molecular weight excluding hydrogens is 358 g/mol. The van der Waals surface area contributed by atoms with Crippen molar-refractivity contribution in [1.29, 1.82) is 0 Å². The maximum Gasteiger partial charge on any atom is 0.199 e. The second kappa shape index (κ2) is 8.55. The summed E-state index contributed by atoms with van der Waals surface area (Å²) in [5.74, 6) is 1.17. The van der Waals surface area contributed by atoms with E-state index in [0.29, 0.717) is 11.5 Å². The first-order valence-corrected chi connectivity index (χ1v) is 11.0. The summed E-state index contributed by atoms with van der Waals surface area (Å²) in [5, 5.41) is 14.2. The lowest BCUT2D eigenvalue weighted by Crippen LogP contribution is -2.50. The second-order valence-corrected chi connectivity index (χ2v) is 8.75. The first-order valence-electron chi connectivity index (χ1n) is 9.67. The van der Waals surface area contributed by atoms with E-state index in [1.165, 1.54) is 0 Å². The average molecular weight is 389 g/mol. The SMILES string of the molecule is CCCC[C@]1(CC)C[S+](O)c2cc(O)c(OC)cc2[C@@H](c2ccccc2)N1. The van der Waals surface area contributed by atoms with Gasteiger partial charge in [-0.25, -0.2) is 0 Å². The number of phenols is 1. The molecule has 0 aromatic heterocycles. The molecule has 3 rings (SSSR count). The van der Waals surface area contributed by atoms with Crippen LogP contribution in [0.5, 0.6) is 11.5 Å². The lowest BCUT2D eigenvalue weighted by Gasteiger charge is -2.34. The van der Waals surface area contributed by atoms with Crippen LogP contribution in [-0.2, 0) is 11.2 Å². The highest BCUT2D eigenvalue weighted by Crippen LogP contribution is 2.42. The maximum atomic E-state index is 11.1. The van der Waals surface area contributed by atoms with Gasteiger partial charge in [0.15, 0.2) is 33.3 Å². The minimum absolute atomic E-state index is 0.0582. The molecule has 1 aliphatic rings. The number of hydrogen-bond acceptors (Lipinski definition) is 4. The number of hydrogen-bond donors (Lipinski definition) is 3. The number of nitrogens with one attached hydrogen (secondary N) is 1. The van der Waals surface area contributed by atoms with Crippen molar-refractivity contribution in [3.05, 3.63) is 53.6 Å². The Morgan fingerprint density at radius 2 is 1.96 bits per heavy atom. The number of rotatable bonds is 6. The molecule has 146 valence electrons. The van der Waals surface area contributed by atoms with Crippen molar-refractivity contribution in [2.75, 3.05) is 12.9 Å². The minimum Gasteiger partial charge on any atom is -0.504 e. The fourth-order valence-electron chi connectivity index (χ4n) is 3.87. The fourth-order valence-corrected chi connectivity index (χ4v) is 5.68. The van der Waals surface area contributed by atoms with Gasteiger partial charge in [0.05, 0.1) is 18.7 Å². The number of ether oxygens (including phenoxy) is 1. The maximum absolute atomic E-state index is 11.1. The van der Waals surface area contributed by atoms with Crippen LogP contribution in [0.15, 0.2) is 47.4 Å². The zero-order valence-corrected chi connectivity index (χ0v) is 17.2. The van der Waals surface area contributed by atoms with Crippen LogP contribution in [0.4, 0.5) is 0 Å². The zero-order valence-electron chi connectivity index (χ0n) is 16.4. The van der Waals surface area contributed by atoms with E-state index in [1.54, 1.807) is 13.2 Å². The van der Waals surface area contributed by atoms with E-state index < -0.39 is 11.2 Å². The molecular formula is C22H30NO3S+. The third-order valence-corrected chi connectivity index (χ3v) is 7.25.